The Morgan fingerprint density at radius 1 is 1.10 bits per heavy atom. The van der Waals surface area contributed by atoms with Crippen LogP contribution in [-0.4, -0.2) is 43.4 Å². The summed E-state index contributed by atoms with van der Waals surface area (Å²) < 4.78 is 1.90. The highest BCUT2D eigenvalue weighted by atomic mass is 32.1. The maximum Gasteiger partial charge on any atom is 0.329 e. The van der Waals surface area contributed by atoms with Crippen LogP contribution in [0.2, 0.25) is 0 Å². The van der Waals surface area contributed by atoms with Crippen molar-refractivity contribution in [3.05, 3.63) is 62.4 Å². The quantitative estimate of drug-likeness (QED) is 0.526. The Labute approximate surface area is 175 Å². The molecule has 1 aliphatic heterocycles. The Morgan fingerprint density at radius 2 is 1.90 bits per heavy atom. The number of H-pyrrole nitrogens is 2. The number of benzene rings is 1. The van der Waals surface area contributed by atoms with Crippen molar-refractivity contribution in [1.29, 1.82) is 0 Å². The fraction of sp³-hybridized carbons (Fsp3) is 0.333. The number of hydrogen-bond donors (Lipinski definition) is 2. The molecule has 5 rings (SSSR count). The van der Waals surface area contributed by atoms with Gasteiger partial charge in [-0.15, -0.1) is 11.3 Å². The van der Waals surface area contributed by atoms with Crippen molar-refractivity contribution >= 4 is 38.5 Å². The van der Waals surface area contributed by atoms with E-state index in [9.17, 15) is 14.4 Å². The molecule has 0 saturated carbocycles. The molecular formula is C21H21N5O3S. The summed E-state index contributed by atoms with van der Waals surface area (Å²) in [6.45, 7) is 1.08. The number of piperidine rings is 1. The van der Waals surface area contributed by atoms with E-state index < -0.39 is 0 Å². The number of amides is 1. The van der Waals surface area contributed by atoms with Gasteiger partial charge >= 0.3 is 5.69 Å². The number of carbonyl (C=O) groups is 1. The lowest BCUT2D eigenvalue weighted by molar-refractivity contribution is -0.132. The van der Waals surface area contributed by atoms with E-state index in [1.54, 1.807) is 11.4 Å². The summed E-state index contributed by atoms with van der Waals surface area (Å²) in [5, 5.41) is 1.80. The standard InChI is InChI=1S/C21H21N5O3S/c27-18(6-5-17-22-14-3-1-2-4-15(14)23-17)25-10-7-13(8-11-25)26-20(28)19-16(9-12-30-19)24-21(26)29/h1-4,9,12-13H,5-8,10-11H2,(H,22,23)(H,24,29). The van der Waals surface area contributed by atoms with E-state index in [0.29, 0.717) is 49.0 Å². The van der Waals surface area contributed by atoms with Crippen molar-refractivity contribution in [2.24, 2.45) is 0 Å². The van der Waals surface area contributed by atoms with Gasteiger partial charge in [-0.05, 0) is 36.4 Å². The molecule has 30 heavy (non-hydrogen) atoms. The minimum atomic E-state index is -0.374. The fourth-order valence-corrected chi connectivity index (χ4v) is 4.95. The van der Waals surface area contributed by atoms with Gasteiger partial charge in [-0.1, -0.05) is 12.1 Å². The Hall–Kier alpha value is -3.20. The van der Waals surface area contributed by atoms with Crippen LogP contribution >= 0.6 is 11.3 Å². The van der Waals surface area contributed by atoms with Crippen molar-refractivity contribution in [3.8, 4) is 0 Å². The molecule has 4 aromatic rings. The van der Waals surface area contributed by atoms with Gasteiger partial charge in [0.15, 0.2) is 0 Å². The summed E-state index contributed by atoms with van der Waals surface area (Å²) in [5.74, 6) is 0.880. The molecule has 4 heterocycles. The predicted molar refractivity (Wildman–Crippen MR) is 116 cm³/mol. The highest BCUT2D eigenvalue weighted by Gasteiger charge is 2.26. The van der Waals surface area contributed by atoms with Crippen molar-refractivity contribution in [2.75, 3.05) is 13.1 Å². The monoisotopic (exact) mass is 423 g/mol. The second-order valence-corrected chi connectivity index (χ2v) is 8.50. The summed E-state index contributed by atoms with van der Waals surface area (Å²) >= 11 is 1.34. The lowest BCUT2D eigenvalue weighted by Gasteiger charge is -2.32. The number of aromatic amines is 2. The number of rotatable bonds is 4. The number of para-hydroxylation sites is 2. The lowest BCUT2D eigenvalue weighted by Crippen LogP contribution is -2.44. The van der Waals surface area contributed by atoms with E-state index in [0.717, 1.165) is 16.9 Å². The van der Waals surface area contributed by atoms with Crippen LogP contribution in [0.1, 0.15) is 31.1 Å². The van der Waals surface area contributed by atoms with Crippen molar-refractivity contribution in [1.82, 2.24) is 24.4 Å². The molecular weight excluding hydrogens is 402 g/mol. The molecule has 1 amide bonds. The van der Waals surface area contributed by atoms with Gasteiger partial charge in [-0.2, -0.15) is 0 Å². The van der Waals surface area contributed by atoms with E-state index in [-0.39, 0.29) is 23.2 Å². The summed E-state index contributed by atoms with van der Waals surface area (Å²) in [6, 6.07) is 9.36. The molecule has 0 atom stereocenters. The number of aromatic nitrogens is 4. The predicted octanol–water partition coefficient (Wildman–Crippen LogP) is 2.42. The second-order valence-electron chi connectivity index (χ2n) is 7.58. The van der Waals surface area contributed by atoms with Crippen molar-refractivity contribution < 1.29 is 4.79 Å². The molecule has 1 aliphatic rings. The Kier molecular flexibility index (Phi) is 4.74. The minimum Gasteiger partial charge on any atom is -0.343 e. The van der Waals surface area contributed by atoms with Gasteiger partial charge in [0.2, 0.25) is 5.91 Å². The molecule has 0 unspecified atom stereocenters. The smallest absolute Gasteiger partial charge is 0.329 e. The summed E-state index contributed by atoms with van der Waals surface area (Å²) in [5.41, 5.74) is 1.85. The molecule has 0 aliphatic carbocycles. The summed E-state index contributed by atoms with van der Waals surface area (Å²) in [6.07, 6.45) is 2.13. The molecule has 0 radical (unpaired) electrons. The van der Waals surface area contributed by atoms with Gasteiger partial charge in [0.1, 0.15) is 10.5 Å². The first-order valence-corrected chi connectivity index (χ1v) is 10.9. The average Bonchev–Trinajstić information content (AvgIpc) is 3.39. The van der Waals surface area contributed by atoms with Crippen LogP contribution in [0.5, 0.6) is 0 Å². The van der Waals surface area contributed by atoms with Gasteiger partial charge in [0, 0.05) is 32.0 Å². The first-order chi connectivity index (χ1) is 14.6. The maximum atomic E-state index is 12.7. The van der Waals surface area contributed by atoms with E-state index in [1.165, 1.54) is 15.9 Å². The number of hydrogen-bond acceptors (Lipinski definition) is 5. The first kappa shape index (κ1) is 18.8. The zero-order valence-electron chi connectivity index (χ0n) is 16.3. The zero-order chi connectivity index (χ0) is 20.7. The van der Waals surface area contributed by atoms with Gasteiger partial charge in [0.05, 0.1) is 16.6 Å². The van der Waals surface area contributed by atoms with Gasteiger partial charge in [0.25, 0.3) is 5.56 Å². The third-order valence-corrected chi connectivity index (χ3v) is 6.64. The minimum absolute atomic E-state index is 0.0730. The first-order valence-electron chi connectivity index (χ1n) is 10.0. The largest absolute Gasteiger partial charge is 0.343 e. The van der Waals surface area contributed by atoms with Crippen LogP contribution in [-0.2, 0) is 11.2 Å². The molecule has 9 heteroatoms. The molecule has 1 saturated heterocycles. The molecule has 1 fully saturated rings. The SMILES string of the molecule is O=C(CCc1nc2ccccc2[nH]1)N1CCC(n2c(=O)[nH]c3ccsc3c2=O)CC1. The van der Waals surface area contributed by atoms with Crippen LogP contribution in [0.25, 0.3) is 21.3 Å². The van der Waals surface area contributed by atoms with Crippen LogP contribution in [0, 0.1) is 0 Å². The van der Waals surface area contributed by atoms with Crippen molar-refractivity contribution in [3.63, 3.8) is 0 Å². The molecule has 8 nitrogen and oxygen atoms in total. The van der Waals surface area contributed by atoms with Gasteiger partial charge < -0.3 is 14.9 Å². The van der Waals surface area contributed by atoms with E-state index >= 15 is 0 Å². The van der Waals surface area contributed by atoms with Crippen LogP contribution in [0.15, 0.2) is 45.3 Å². The van der Waals surface area contributed by atoms with Crippen molar-refractivity contribution in [2.45, 2.75) is 31.7 Å². The zero-order valence-corrected chi connectivity index (χ0v) is 17.1. The van der Waals surface area contributed by atoms with Crippen LogP contribution < -0.4 is 11.2 Å². The number of likely N-dealkylation sites (tertiary alicyclic amines) is 1. The van der Waals surface area contributed by atoms with Gasteiger partial charge in [-0.25, -0.2) is 9.78 Å². The molecule has 0 bridgehead atoms. The number of nitrogens with zero attached hydrogens (tertiary/aromatic N) is 3. The maximum absolute atomic E-state index is 12.7. The number of aryl methyl sites for hydroxylation is 1. The normalized spacial score (nSPS) is 15.3. The lowest BCUT2D eigenvalue weighted by atomic mass is 10.0. The number of imidazole rings is 1. The number of thiophene rings is 1. The molecule has 1 aromatic carbocycles. The summed E-state index contributed by atoms with van der Waals surface area (Å²) in [7, 11) is 0. The Bertz CT molecular complexity index is 1310. The summed E-state index contributed by atoms with van der Waals surface area (Å²) in [4.78, 5) is 50.2. The Balaban J connectivity index is 1.23. The second kappa shape index (κ2) is 7.56. The van der Waals surface area contributed by atoms with Crippen LogP contribution in [0.4, 0.5) is 0 Å². The van der Waals surface area contributed by atoms with Gasteiger partial charge in [-0.3, -0.25) is 14.2 Å². The highest BCUT2D eigenvalue weighted by Crippen LogP contribution is 2.22. The molecule has 154 valence electrons. The number of carbonyl (C=O) groups excluding carboxylic acids is 1. The molecule has 0 spiro atoms. The third-order valence-electron chi connectivity index (χ3n) is 5.74. The van der Waals surface area contributed by atoms with E-state index in [1.807, 2.05) is 29.2 Å². The topological polar surface area (TPSA) is 104 Å². The molecule has 3 aromatic heterocycles. The number of fused-ring (bicyclic) bond motifs is 2. The highest BCUT2D eigenvalue weighted by molar-refractivity contribution is 7.17. The molecule has 2 N–H and O–H groups in total. The average molecular weight is 423 g/mol. The number of nitrogens with one attached hydrogen (secondary N) is 2. The van der Waals surface area contributed by atoms with E-state index in [4.69, 9.17) is 0 Å². The van der Waals surface area contributed by atoms with Crippen LogP contribution in [0.3, 0.4) is 0 Å². The Morgan fingerprint density at radius 3 is 2.70 bits per heavy atom. The fourth-order valence-electron chi connectivity index (χ4n) is 4.16. The third kappa shape index (κ3) is 3.35. The van der Waals surface area contributed by atoms with E-state index in [2.05, 4.69) is 15.0 Å².